The summed E-state index contributed by atoms with van der Waals surface area (Å²) in [5.74, 6) is 5.58. The van der Waals surface area contributed by atoms with E-state index in [1.54, 1.807) is 17.5 Å². The zero-order chi connectivity index (χ0) is 10.7. The van der Waals surface area contributed by atoms with E-state index in [1.165, 1.54) is 5.56 Å². The molecular formula is C11H13N3S. The molecule has 0 spiro atoms. The Kier molecular flexibility index (Phi) is 3.11. The highest BCUT2D eigenvalue weighted by atomic mass is 32.1. The third kappa shape index (κ3) is 2.23. The first-order valence-electron chi connectivity index (χ1n) is 4.72. The van der Waals surface area contributed by atoms with Crippen LogP contribution in [0.25, 0.3) is 0 Å². The van der Waals surface area contributed by atoms with Crippen molar-refractivity contribution in [2.24, 2.45) is 5.84 Å². The van der Waals surface area contributed by atoms with Crippen LogP contribution in [0.3, 0.4) is 0 Å². The van der Waals surface area contributed by atoms with Gasteiger partial charge in [0.1, 0.15) is 0 Å². The van der Waals surface area contributed by atoms with E-state index in [4.69, 9.17) is 5.84 Å². The third-order valence-electron chi connectivity index (χ3n) is 2.30. The number of thiophene rings is 1. The Hall–Kier alpha value is -1.23. The maximum Gasteiger partial charge on any atom is 0.0719 e. The molecule has 0 aliphatic rings. The number of pyridine rings is 1. The summed E-state index contributed by atoms with van der Waals surface area (Å²) in [5.41, 5.74) is 6.16. The normalized spacial score (nSPS) is 12.7. The number of hydrogen-bond acceptors (Lipinski definition) is 4. The van der Waals surface area contributed by atoms with Crippen molar-refractivity contribution in [3.63, 3.8) is 0 Å². The van der Waals surface area contributed by atoms with E-state index in [0.717, 1.165) is 11.3 Å². The highest BCUT2D eigenvalue weighted by Crippen LogP contribution is 2.23. The maximum absolute atomic E-state index is 5.58. The number of rotatable bonds is 3. The van der Waals surface area contributed by atoms with Crippen LogP contribution < -0.4 is 11.3 Å². The molecule has 0 radical (unpaired) electrons. The number of nitrogens with one attached hydrogen (secondary N) is 1. The van der Waals surface area contributed by atoms with Gasteiger partial charge in [-0.25, -0.2) is 5.43 Å². The lowest BCUT2D eigenvalue weighted by atomic mass is 10.0. The number of nitrogens with zero attached hydrogens (tertiary/aromatic N) is 1. The molecule has 3 N–H and O–H groups in total. The predicted molar refractivity (Wildman–Crippen MR) is 62.5 cm³/mol. The molecule has 2 rings (SSSR count). The molecule has 0 aliphatic carbocycles. The summed E-state index contributed by atoms with van der Waals surface area (Å²) in [5, 5.41) is 4.15. The first-order chi connectivity index (χ1) is 7.31. The average molecular weight is 219 g/mol. The highest BCUT2D eigenvalue weighted by molar-refractivity contribution is 7.08. The Bertz CT molecular complexity index is 425. The van der Waals surface area contributed by atoms with Crippen molar-refractivity contribution in [2.75, 3.05) is 0 Å². The van der Waals surface area contributed by atoms with Crippen molar-refractivity contribution in [3.8, 4) is 0 Å². The Morgan fingerprint density at radius 3 is 2.87 bits per heavy atom. The van der Waals surface area contributed by atoms with Crippen LogP contribution in [0.15, 0.2) is 35.2 Å². The second-order valence-corrected chi connectivity index (χ2v) is 4.17. The summed E-state index contributed by atoms with van der Waals surface area (Å²) < 4.78 is 0. The Balaban J connectivity index is 2.35. The van der Waals surface area contributed by atoms with Gasteiger partial charge in [0.05, 0.1) is 6.04 Å². The first kappa shape index (κ1) is 10.3. The topological polar surface area (TPSA) is 50.9 Å². The minimum Gasteiger partial charge on any atom is -0.271 e. The predicted octanol–water partition coefficient (Wildman–Crippen LogP) is 2.00. The molecule has 3 nitrogen and oxygen atoms in total. The van der Waals surface area contributed by atoms with Crippen LogP contribution in [0.4, 0.5) is 0 Å². The zero-order valence-electron chi connectivity index (χ0n) is 8.47. The summed E-state index contributed by atoms with van der Waals surface area (Å²) in [6, 6.07) is 6.15. The van der Waals surface area contributed by atoms with Crippen LogP contribution in [0.2, 0.25) is 0 Å². The van der Waals surface area contributed by atoms with E-state index in [9.17, 15) is 0 Å². The summed E-state index contributed by atoms with van der Waals surface area (Å²) in [6.07, 6.45) is 1.81. The molecule has 15 heavy (non-hydrogen) atoms. The van der Waals surface area contributed by atoms with Crippen molar-refractivity contribution in [2.45, 2.75) is 13.0 Å². The van der Waals surface area contributed by atoms with Gasteiger partial charge in [-0.05, 0) is 47.0 Å². The van der Waals surface area contributed by atoms with Gasteiger partial charge >= 0.3 is 0 Å². The minimum atomic E-state index is 0.0537. The van der Waals surface area contributed by atoms with Crippen LogP contribution in [0, 0.1) is 6.92 Å². The number of aryl methyl sites for hydroxylation is 1. The fourth-order valence-corrected chi connectivity index (χ4v) is 2.26. The van der Waals surface area contributed by atoms with Gasteiger partial charge in [-0.3, -0.25) is 10.8 Å². The van der Waals surface area contributed by atoms with Crippen molar-refractivity contribution >= 4 is 11.3 Å². The lowest BCUT2D eigenvalue weighted by molar-refractivity contribution is 0.637. The lowest BCUT2D eigenvalue weighted by Gasteiger charge is -2.15. The van der Waals surface area contributed by atoms with Gasteiger partial charge in [0.2, 0.25) is 0 Å². The van der Waals surface area contributed by atoms with Crippen molar-refractivity contribution in [1.82, 2.24) is 10.4 Å². The van der Waals surface area contributed by atoms with E-state index in [2.05, 4.69) is 21.9 Å². The van der Waals surface area contributed by atoms with Gasteiger partial charge in [-0.2, -0.15) is 11.3 Å². The smallest absolute Gasteiger partial charge is 0.0719 e. The molecule has 2 aromatic rings. The maximum atomic E-state index is 5.58. The van der Waals surface area contributed by atoms with Gasteiger partial charge in [0, 0.05) is 11.9 Å². The van der Waals surface area contributed by atoms with E-state index in [0.29, 0.717) is 0 Å². The average Bonchev–Trinajstić information content (AvgIpc) is 2.72. The molecule has 2 heterocycles. The monoisotopic (exact) mass is 219 g/mol. The molecule has 0 fully saturated rings. The minimum absolute atomic E-state index is 0.0537. The third-order valence-corrected chi connectivity index (χ3v) is 3.00. The number of hydrazine groups is 1. The summed E-state index contributed by atoms with van der Waals surface area (Å²) in [6.45, 7) is 1.98. The van der Waals surface area contributed by atoms with E-state index >= 15 is 0 Å². The quantitative estimate of drug-likeness (QED) is 0.613. The SMILES string of the molecule is Cc1cc(C(NN)c2ccsc2)ccn1. The molecule has 1 atom stereocenters. The largest absolute Gasteiger partial charge is 0.271 e. The van der Waals surface area contributed by atoms with Crippen LogP contribution in [-0.4, -0.2) is 4.98 Å². The molecule has 4 heteroatoms. The fourth-order valence-electron chi connectivity index (χ4n) is 1.57. The standard InChI is InChI=1S/C11H13N3S/c1-8-6-9(2-4-13-8)11(14-12)10-3-5-15-7-10/h2-7,11,14H,12H2,1H3. The van der Waals surface area contributed by atoms with E-state index < -0.39 is 0 Å². The van der Waals surface area contributed by atoms with Gasteiger partial charge in [-0.15, -0.1) is 0 Å². The Morgan fingerprint density at radius 1 is 1.40 bits per heavy atom. The summed E-state index contributed by atoms with van der Waals surface area (Å²) >= 11 is 1.67. The van der Waals surface area contributed by atoms with Gasteiger partial charge < -0.3 is 0 Å². The number of hydrogen-bond donors (Lipinski definition) is 2. The van der Waals surface area contributed by atoms with Crippen LogP contribution in [0.5, 0.6) is 0 Å². The van der Waals surface area contributed by atoms with E-state index in [1.807, 2.05) is 24.4 Å². The number of aromatic nitrogens is 1. The second kappa shape index (κ2) is 4.53. The first-order valence-corrected chi connectivity index (χ1v) is 5.66. The highest BCUT2D eigenvalue weighted by Gasteiger charge is 2.12. The van der Waals surface area contributed by atoms with E-state index in [-0.39, 0.29) is 6.04 Å². The molecule has 0 aliphatic heterocycles. The summed E-state index contributed by atoms with van der Waals surface area (Å²) in [4.78, 5) is 4.17. The molecule has 0 amide bonds. The molecule has 1 unspecified atom stereocenters. The van der Waals surface area contributed by atoms with Crippen molar-refractivity contribution < 1.29 is 0 Å². The molecule has 0 bridgehead atoms. The van der Waals surface area contributed by atoms with Crippen molar-refractivity contribution in [1.29, 1.82) is 0 Å². The summed E-state index contributed by atoms with van der Waals surface area (Å²) in [7, 11) is 0. The fraction of sp³-hybridized carbons (Fsp3) is 0.182. The Morgan fingerprint density at radius 2 is 2.27 bits per heavy atom. The van der Waals surface area contributed by atoms with Gasteiger partial charge in [0.25, 0.3) is 0 Å². The van der Waals surface area contributed by atoms with Crippen molar-refractivity contribution in [3.05, 3.63) is 52.0 Å². The molecule has 0 aromatic carbocycles. The van der Waals surface area contributed by atoms with Gasteiger partial charge in [-0.1, -0.05) is 0 Å². The van der Waals surface area contributed by atoms with Crippen LogP contribution >= 0.6 is 11.3 Å². The molecule has 78 valence electrons. The lowest BCUT2D eigenvalue weighted by Crippen LogP contribution is -2.28. The molecule has 2 aromatic heterocycles. The van der Waals surface area contributed by atoms with Crippen LogP contribution in [-0.2, 0) is 0 Å². The Labute approximate surface area is 92.9 Å². The second-order valence-electron chi connectivity index (χ2n) is 3.39. The molecule has 0 saturated heterocycles. The van der Waals surface area contributed by atoms with Crippen LogP contribution in [0.1, 0.15) is 22.9 Å². The van der Waals surface area contributed by atoms with Gasteiger partial charge in [0.15, 0.2) is 0 Å². The number of nitrogens with two attached hydrogens (primary N) is 1. The molecular weight excluding hydrogens is 206 g/mol. The molecule has 0 saturated carbocycles. The zero-order valence-corrected chi connectivity index (χ0v) is 9.29.